The Morgan fingerprint density at radius 3 is 2.16 bits per heavy atom. The van der Waals surface area contributed by atoms with Crippen molar-refractivity contribution in [2.45, 2.75) is 12.8 Å². The Kier molecular flexibility index (Phi) is 5.31. The van der Waals surface area contributed by atoms with Crippen molar-refractivity contribution < 1.29 is 4.39 Å². The highest BCUT2D eigenvalue weighted by molar-refractivity contribution is 5.16. The summed E-state index contributed by atoms with van der Waals surface area (Å²) in [6.07, 6.45) is 1.59. The predicted molar refractivity (Wildman–Crippen MR) is 73.2 cm³/mol. The summed E-state index contributed by atoms with van der Waals surface area (Å²) in [6, 6.07) is 8.96. The van der Waals surface area contributed by atoms with Crippen LogP contribution in [0.5, 0.6) is 0 Å². The van der Waals surface area contributed by atoms with Gasteiger partial charge in [-0.1, -0.05) is 12.1 Å². The quantitative estimate of drug-likeness (QED) is 0.811. The Morgan fingerprint density at radius 1 is 1.00 bits per heavy atom. The summed E-state index contributed by atoms with van der Waals surface area (Å²) in [5.74, 6) is -0.171. The van der Waals surface area contributed by atoms with E-state index in [1.165, 1.54) is 17.7 Å². The molecule has 0 aromatic heterocycles. The fourth-order valence-electron chi connectivity index (χ4n) is 2.38. The Labute approximate surface area is 114 Å². The van der Waals surface area contributed by atoms with Gasteiger partial charge in [0.05, 0.1) is 6.07 Å². The molecular formula is C15H20FN3. The van der Waals surface area contributed by atoms with Crippen molar-refractivity contribution in [2.24, 2.45) is 0 Å². The minimum absolute atomic E-state index is 0.171. The maximum absolute atomic E-state index is 12.8. The molecule has 1 aromatic carbocycles. The van der Waals surface area contributed by atoms with Gasteiger partial charge in [-0.25, -0.2) is 4.39 Å². The zero-order valence-corrected chi connectivity index (χ0v) is 11.2. The summed E-state index contributed by atoms with van der Waals surface area (Å²) >= 11 is 0. The summed E-state index contributed by atoms with van der Waals surface area (Å²) < 4.78 is 12.8. The summed E-state index contributed by atoms with van der Waals surface area (Å²) in [7, 11) is 0. The first-order valence-electron chi connectivity index (χ1n) is 6.84. The van der Waals surface area contributed by atoms with Gasteiger partial charge in [0.2, 0.25) is 0 Å². The Bertz CT molecular complexity index is 416. The zero-order valence-electron chi connectivity index (χ0n) is 11.2. The second kappa shape index (κ2) is 7.22. The standard InChI is InChI=1S/C15H20FN3/c16-15-4-2-14(3-5-15)6-9-19-12-10-18(11-13-19)8-1-7-17/h2-5H,1,6,8-13H2. The number of rotatable bonds is 5. The molecule has 0 unspecified atom stereocenters. The lowest BCUT2D eigenvalue weighted by molar-refractivity contribution is 0.135. The molecule has 1 aliphatic heterocycles. The molecule has 1 aromatic rings. The lowest BCUT2D eigenvalue weighted by Crippen LogP contribution is -2.47. The fraction of sp³-hybridized carbons (Fsp3) is 0.533. The van der Waals surface area contributed by atoms with Crippen LogP contribution in [0.4, 0.5) is 4.39 Å². The summed E-state index contributed by atoms with van der Waals surface area (Å²) in [4.78, 5) is 4.78. The van der Waals surface area contributed by atoms with Gasteiger partial charge in [-0.05, 0) is 24.1 Å². The maximum atomic E-state index is 12.8. The normalized spacial score (nSPS) is 17.3. The number of hydrogen-bond acceptors (Lipinski definition) is 3. The molecule has 1 aliphatic rings. The highest BCUT2D eigenvalue weighted by atomic mass is 19.1. The van der Waals surface area contributed by atoms with Gasteiger partial charge in [-0.3, -0.25) is 4.90 Å². The molecule has 19 heavy (non-hydrogen) atoms. The number of benzene rings is 1. The number of nitriles is 1. The second-order valence-corrected chi connectivity index (χ2v) is 4.97. The molecule has 0 atom stereocenters. The molecule has 1 heterocycles. The van der Waals surface area contributed by atoms with Crippen LogP contribution in [0.25, 0.3) is 0 Å². The van der Waals surface area contributed by atoms with Crippen LogP contribution in [0.1, 0.15) is 12.0 Å². The molecule has 0 aliphatic carbocycles. The molecule has 0 amide bonds. The molecule has 0 bridgehead atoms. The Hall–Kier alpha value is -1.44. The molecule has 4 heteroatoms. The van der Waals surface area contributed by atoms with Crippen LogP contribution in [0, 0.1) is 17.1 Å². The van der Waals surface area contributed by atoms with Crippen molar-refractivity contribution in [1.29, 1.82) is 5.26 Å². The van der Waals surface area contributed by atoms with Gasteiger partial charge in [0.1, 0.15) is 5.82 Å². The summed E-state index contributed by atoms with van der Waals surface area (Å²) in [5, 5.41) is 8.56. The van der Waals surface area contributed by atoms with E-state index < -0.39 is 0 Å². The third kappa shape index (κ3) is 4.62. The van der Waals surface area contributed by atoms with Crippen molar-refractivity contribution >= 4 is 0 Å². The average molecular weight is 261 g/mol. The van der Waals surface area contributed by atoms with Gasteiger partial charge < -0.3 is 4.90 Å². The van der Waals surface area contributed by atoms with E-state index in [0.29, 0.717) is 6.42 Å². The SMILES string of the molecule is N#CCCN1CCN(CCc2ccc(F)cc2)CC1. The van der Waals surface area contributed by atoms with E-state index in [-0.39, 0.29) is 5.82 Å². The molecular weight excluding hydrogens is 241 g/mol. The smallest absolute Gasteiger partial charge is 0.123 e. The molecule has 0 spiro atoms. The second-order valence-electron chi connectivity index (χ2n) is 4.97. The monoisotopic (exact) mass is 261 g/mol. The summed E-state index contributed by atoms with van der Waals surface area (Å²) in [6.45, 7) is 6.13. The number of piperazine rings is 1. The van der Waals surface area contributed by atoms with Crippen molar-refractivity contribution in [1.82, 2.24) is 9.80 Å². The molecule has 0 saturated carbocycles. The van der Waals surface area contributed by atoms with Crippen molar-refractivity contribution in [3.05, 3.63) is 35.6 Å². The molecule has 2 rings (SSSR count). The molecule has 1 saturated heterocycles. The molecule has 102 valence electrons. The van der Waals surface area contributed by atoms with Crippen LogP contribution in [0.15, 0.2) is 24.3 Å². The Morgan fingerprint density at radius 2 is 1.58 bits per heavy atom. The third-order valence-electron chi connectivity index (χ3n) is 3.63. The van der Waals surface area contributed by atoms with Gasteiger partial charge >= 0.3 is 0 Å². The van der Waals surface area contributed by atoms with Crippen molar-refractivity contribution in [3.8, 4) is 6.07 Å². The molecule has 3 nitrogen and oxygen atoms in total. The lowest BCUT2D eigenvalue weighted by Gasteiger charge is -2.34. The minimum Gasteiger partial charge on any atom is -0.300 e. The fourth-order valence-corrected chi connectivity index (χ4v) is 2.38. The lowest BCUT2D eigenvalue weighted by atomic mass is 10.1. The molecule has 1 fully saturated rings. The van der Waals surface area contributed by atoms with Gasteiger partial charge in [0.15, 0.2) is 0 Å². The predicted octanol–water partition coefficient (Wildman–Crippen LogP) is 1.90. The van der Waals surface area contributed by atoms with Gasteiger partial charge in [0.25, 0.3) is 0 Å². The molecule has 0 N–H and O–H groups in total. The van der Waals surface area contributed by atoms with E-state index in [2.05, 4.69) is 15.9 Å². The van der Waals surface area contributed by atoms with Crippen LogP contribution in [-0.2, 0) is 6.42 Å². The van der Waals surface area contributed by atoms with E-state index in [9.17, 15) is 4.39 Å². The molecule has 0 radical (unpaired) electrons. The van der Waals surface area contributed by atoms with E-state index in [1.54, 1.807) is 0 Å². The minimum atomic E-state index is -0.171. The van der Waals surface area contributed by atoms with E-state index >= 15 is 0 Å². The highest BCUT2D eigenvalue weighted by Gasteiger charge is 2.15. The summed E-state index contributed by atoms with van der Waals surface area (Å²) in [5.41, 5.74) is 1.19. The Balaban J connectivity index is 1.68. The largest absolute Gasteiger partial charge is 0.300 e. The van der Waals surface area contributed by atoms with Gasteiger partial charge in [0, 0.05) is 45.7 Å². The van der Waals surface area contributed by atoms with Gasteiger partial charge in [-0.15, -0.1) is 0 Å². The van der Waals surface area contributed by atoms with E-state index in [4.69, 9.17) is 5.26 Å². The number of nitrogens with zero attached hydrogens (tertiary/aromatic N) is 3. The maximum Gasteiger partial charge on any atom is 0.123 e. The number of halogens is 1. The van der Waals surface area contributed by atoms with E-state index in [0.717, 1.165) is 45.7 Å². The van der Waals surface area contributed by atoms with Crippen LogP contribution in [0.2, 0.25) is 0 Å². The first kappa shape index (κ1) is 14.0. The van der Waals surface area contributed by atoms with Crippen molar-refractivity contribution in [2.75, 3.05) is 39.3 Å². The average Bonchev–Trinajstić information content (AvgIpc) is 2.46. The van der Waals surface area contributed by atoms with Crippen LogP contribution >= 0.6 is 0 Å². The van der Waals surface area contributed by atoms with Crippen LogP contribution in [-0.4, -0.2) is 49.1 Å². The highest BCUT2D eigenvalue weighted by Crippen LogP contribution is 2.07. The topological polar surface area (TPSA) is 30.3 Å². The van der Waals surface area contributed by atoms with Crippen LogP contribution in [0.3, 0.4) is 0 Å². The number of hydrogen-bond donors (Lipinski definition) is 0. The zero-order chi connectivity index (χ0) is 13.5. The van der Waals surface area contributed by atoms with Crippen LogP contribution < -0.4 is 0 Å². The first-order valence-corrected chi connectivity index (χ1v) is 6.84. The van der Waals surface area contributed by atoms with Gasteiger partial charge in [-0.2, -0.15) is 5.26 Å². The third-order valence-corrected chi connectivity index (χ3v) is 3.63. The van der Waals surface area contributed by atoms with E-state index in [1.807, 2.05) is 12.1 Å². The van der Waals surface area contributed by atoms with Crippen molar-refractivity contribution in [3.63, 3.8) is 0 Å². The first-order chi connectivity index (χ1) is 9.28.